The lowest BCUT2D eigenvalue weighted by molar-refractivity contribution is -0.132. The molecule has 5 nitrogen and oxygen atoms in total. The molecule has 2 amide bonds. The molecule has 0 spiro atoms. The number of rotatable bonds is 5. The molecule has 0 radical (unpaired) electrons. The summed E-state index contributed by atoms with van der Waals surface area (Å²) < 4.78 is 0. The Kier molecular flexibility index (Phi) is 5.57. The lowest BCUT2D eigenvalue weighted by Crippen LogP contribution is -2.35. The summed E-state index contributed by atoms with van der Waals surface area (Å²) in [6.45, 7) is 1.42. The number of nitrogens with one attached hydrogen (secondary N) is 1. The zero-order valence-electron chi connectivity index (χ0n) is 15.5. The van der Waals surface area contributed by atoms with Gasteiger partial charge in [-0.15, -0.1) is 0 Å². The van der Waals surface area contributed by atoms with Gasteiger partial charge in [0, 0.05) is 30.2 Å². The maximum absolute atomic E-state index is 12.6. The Morgan fingerprint density at radius 1 is 1.12 bits per heavy atom. The molecule has 142 valence electrons. The number of fused-ring (bicyclic) bond motifs is 1. The minimum absolute atomic E-state index is 0.114. The van der Waals surface area contributed by atoms with E-state index in [-0.39, 0.29) is 17.7 Å². The van der Waals surface area contributed by atoms with E-state index in [0.29, 0.717) is 18.1 Å². The Bertz CT molecular complexity index is 662. The molecule has 0 bridgehead atoms. The smallest absolute Gasteiger partial charge is 0.229 e. The highest BCUT2D eigenvalue weighted by atomic mass is 32.1. The van der Waals surface area contributed by atoms with Crippen LogP contribution >= 0.6 is 11.3 Å². The largest absolute Gasteiger partial charge is 0.337 e. The topological polar surface area (TPSA) is 62.3 Å². The molecule has 2 saturated carbocycles. The first-order valence-corrected chi connectivity index (χ1v) is 11.1. The van der Waals surface area contributed by atoms with Gasteiger partial charge in [-0.3, -0.25) is 9.59 Å². The Morgan fingerprint density at radius 2 is 1.92 bits per heavy atom. The van der Waals surface area contributed by atoms with Crippen LogP contribution in [0.2, 0.25) is 0 Å². The molecular weight excluding hydrogens is 346 g/mol. The van der Waals surface area contributed by atoms with Crippen molar-refractivity contribution in [2.24, 2.45) is 11.8 Å². The molecule has 6 heteroatoms. The zero-order valence-corrected chi connectivity index (χ0v) is 16.3. The number of carbonyl (C=O) groups excluding carboxylic acids is 2. The van der Waals surface area contributed by atoms with E-state index < -0.39 is 0 Å². The van der Waals surface area contributed by atoms with Crippen LogP contribution in [0.1, 0.15) is 74.8 Å². The van der Waals surface area contributed by atoms with E-state index in [1.54, 1.807) is 11.3 Å². The minimum Gasteiger partial charge on any atom is -0.337 e. The summed E-state index contributed by atoms with van der Waals surface area (Å²) in [4.78, 5) is 32.4. The quantitative estimate of drug-likeness (QED) is 0.842. The molecule has 3 aliphatic rings. The number of amides is 2. The molecule has 0 atom stereocenters. The minimum atomic E-state index is 0.114. The van der Waals surface area contributed by atoms with Crippen molar-refractivity contribution in [3.63, 3.8) is 0 Å². The Hall–Kier alpha value is -1.43. The van der Waals surface area contributed by atoms with Crippen molar-refractivity contribution in [1.29, 1.82) is 0 Å². The normalized spacial score (nSPS) is 21.2. The first-order chi connectivity index (χ1) is 12.7. The van der Waals surface area contributed by atoms with E-state index in [1.807, 2.05) is 4.90 Å². The Balaban J connectivity index is 1.29. The van der Waals surface area contributed by atoms with Gasteiger partial charge in [0.15, 0.2) is 5.13 Å². The molecule has 0 saturated heterocycles. The van der Waals surface area contributed by atoms with Gasteiger partial charge in [0.2, 0.25) is 11.8 Å². The third-order valence-electron chi connectivity index (χ3n) is 6.28. The van der Waals surface area contributed by atoms with Crippen molar-refractivity contribution in [3.05, 3.63) is 10.6 Å². The van der Waals surface area contributed by atoms with Gasteiger partial charge in [0.1, 0.15) is 0 Å². The maximum atomic E-state index is 12.6. The molecule has 0 unspecified atom stereocenters. The number of aromatic nitrogens is 1. The maximum Gasteiger partial charge on any atom is 0.229 e. The molecule has 1 aromatic heterocycles. The van der Waals surface area contributed by atoms with Crippen LogP contribution in [0.3, 0.4) is 0 Å². The number of thiazole rings is 1. The predicted molar refractivity (Wildman–Crippen MR) is 103 cm³/mol. The second kappa shape index (κ2) is 8.07. The van der Waals surface area contributed by atoms with Gasteiger partial charge < -0.3 is 10.2 Å². The summed E-state index contributed by atoms with van der Waals surface area (Å²) in [7, 11) is 0. The molecule has 2 fully saturated rings. The Morgan fingerprint density at radius 3 is 2.65 bits per heavy atom. The average molecular weight is 376 g/mol. The predicted octanol–water partition coefficient (Wildman–Crippen LogP) is 4.13. The summed E-state index contributed by atoms with van der Waals surface area (Å²) in [5.74, 6) is 1.33. The van der Waals surface area contributed by atoms with Crippen LogP contribution in [0.25, 0.3) is 0 Å². The van der Waals surface area contributed by atoms with Crippen LogP contribution in [0, 0.1) is 11.8 Å². The van der Waals surface area contributed by atoms with E-state index in [4.69, 9.17) is 0 Å². The van der Waals surface area contributed by atoms with Crippen LogP contribution in [0.15, 0.2) is 0 Å². The fraction of sp³-hybridized carbons (Fsp3) is 0.750. The van der Waals surface area contributed by atoms with Gasteiger partial charge >= 0.3 is 0 Å². The van der Waals surface area contributed by atoms with Crippen LogP contribution in [0.4, 0.5) is 5.13 Å². The van der Waals surface area contributed by atoms with Crippen molar-refractivity contribution in [2.45, 2.75) is 77.2 Å². The number of nitrogens with zero attached hydrogens (tertiary/aromatic N) is 2. The molecule has 26 heavy (non-hydrogen) atoms. The zero-order chi connectivity index (χ0) is 17.9. The highest BCUT2D eigenvalue weighted by Gasteiger charge is 2.28. The summed E-state index contributed by atoms with van der Waals surface area (Å²) in [5, 5.41) is 3.69. The standard InChI is InChI=1S/C20H29N3O2S/c24-18(10-9-14-5-2-1-3-6-14)23-12-11-16-17(13-23)26-20(21-16)22-19(25)15-7-4-8-15/h14-15H,1-13H2,(H,21,22,25). The van der Waals surface area contributed by atoms with Gasteiger partial charge in [-0.1, -0.05) is 49.9 Å². The van der Waals surface area contributed by atoms with Crippen molar-refractivity contribution in [3.8, 4) is 0 Å². The van der Waals surface area contributed by atoms with Crippen molar-refractivity contribution in [1.82, 2.24) is 9.88 Å². The van der Waals surface area contributed by atoms with Crippen LogP contribution in [-0.2, 0) is 22.6 Å². The summed E-state index contributed by atoms with van der Waals surface area (Å²) in [6, 6.07) is 0. The lowest BCUT2D eigenvalue weighted by atomic mass is 9.85. The number of anilines is 1. The highest BCUT2D eigenvalue weighted by molar-refractivity contribution is 7.15. The molecule has 2 aliphatic carbocycles. The fourth-order valence-electron chi connectivity index (χ4n) is 4.30. The second-order valence-electron chi connectivity index (χ2n) is 8.11. The van der Waals surface area contributed by atoms with Crippen molar-refractivity contribution in [2.75, 3.05) is 11.9 Å². The SMILES string of the molecule is O=C(Nc1nc2c(s1)CN(C(=O)CCC1CCCCC1)CC2)C1CCC1. The van der Waals surface area contributed by atoms with Gasteiger partial charge in [0.25, 0.3) is 0 Å². The lowest BCUT2D eigenvalue weighted by Gasteiger charge is -2.27. The molecule has 1 aromatic rings. The van der Waals surface area contributed by atoms with E-state index in [2.05, 4.69) is 10.3 Å². The van der Waals surface area contributed by atoms with Gasteiger partial charge in [-0.25, -0.2) is 4.98 Å². The number of hydrogen-bond donors (Lipinski definition) is 1. The fourth-order valence-corrected chi connectivity index (χ4v) is 5.33. The summed E-state index contributed by atoms with van der Waals surface area (Å²) >= 11 is 1.55. The van der Waals surface area contributed by atoms with E-state index in [0.717, 1.165) is 55.1 Å². The first kappa shape index (κ1) is 18.0. The van der Waals surface area contributed by atoms with E-state index >= 15 is 0 Å². The number of hydrogen-bond acceptors (Lipinski definition) is 4. The summed E-state index contributed by atoms with van der Waals surface area (Å²) in [5.41, 5.74) is 1.07. The van der Waals surface area contributed by atoms with Crippen LogP contribution < -0.4 is 5.32 Å². The Labute approximate surface area is 159 Å². The third-order valence-corrected chi connectivity index (χ3v) is 7.28. The molecule has 2 heterocycles. The monoisotopic (exact) mass is 375 g/mol. The molecular formula is C20H29N3O2S. The van der Waals surface area contributed by atoms with Gasteiger partial charge in [0.05, 0.1) is 12.2 Å². The van der Waals surface area contributed by atoms with Crippen molar-refractivity contribution < 1.29 is 9.59 Å². The second-order valence-corrected chi connectivity index (χ2v) is 9.20. The van der Waals surface area contributed by atoms with Crippen LogP contribution in [-0.4, -0.2) is 28.2 Å². The molecule has 0 aromatic carbocycles. The number of carbonyl (C=O) groups is 2. The molecule has 1 aliphatic heterocycles. The van der Waals surface area contributed by atoms with Crippen LogP contribution in [0.5, 0.6) is 0 Å². The summed E-state index contributed by atoms with van der Waals surface area (Å²) in [6.07, 6.45) is 12.3. The van der Waals surface area contributed by atoms with Crippen molar-refractivity contribution >= 4 is 28.3 Å². The molecule has 1 N–H and O–H groups in total. The molecule has 4 rings (SSSR count). The average Bonchev–Trinajstić information content (AvgIpc) is 3.00. The highest BCUT2D eigenvalue weighted by Crippen LogP contribution is 2.32. The van der Waals surface area contributed by atoms with Gasteiger partial charge in [-0.05, 0) is 25.2 Å². The third kappa shape index (κ3) is 4.11. The first-order valence-electron chi connectivity index (χ1n) is 10.3. The van der Waals surface area contributed by atoms with Gasteiger partial charge in [-0.2, -0.15) is 0 Å². The van der Waals surface area contributed by atoms with E-state index in [9.17, 15) is 9.59 Å². The van der Waals surface area contributed by atoms with E-state index in [1.165, 1.54) is 32.1 Å².